The summed E-state index contributed by atoms with van der Waals surface area (Å²) >= 11 is 1.70. The van der Waals surface area contributed by atoms with Gasteiger partial charge in [0.15, 0.2) is 0 Å². The Bertz CT molecular complexity index is 728. The number of aliphatic imine (C=N–C) groups is 1. The number of rotatable bonds is 0. The van der Waals surface area contributed by atoms with Gasteiger partial charge < -0.3 is 10.2 Å². The van der Waals surface area contributed by atoms with E-state index in [-0.39, 0.29) is 0 Å². The topological polar surface area (TPSA) is 40.5 Å². The first kappa shape index (κ1) is 13.8. The van der Waals surface area contributed by atoms with Gasteiger partial charge in [0.25, 0.3) is 0 Å². The summed E-state index contributed by atoms with van der Waals surface area (Å²) in [6.07, 6.45) is 1.86. The predicted molar refractivity (Wildman–Crippen MR) is 90.0 cm³/mol. The van der Waals surface area contributed by atoms with Crippen molar-refractivity contribution in [3.05, 3.63) is 48.2 Å². The quantitative estimate of drug-likeness (QED) is 0.812. The highest BCUT2D eigenvalue weighted by Crippen LogP contribution is 2.39. The van der Waals surface area contributed by atoms with Crippen LogP contribution < -0.4 is 5.32 Å². The third-order valence-electron chi connectivity index (χ3n) is 4.08. The number of para-hydroxylation sites is 1. The van der Waals surface area contributed by atoms with Crippen molar-refractivity contribution in [3.63, 3.8) is 0 Å². The number of hydrogen-bond acceptors (Lipinski definition) is 5. The Morgan fingerprint density at radius 1 is 1.23 bits per heavy atom. The average molecular weight is 310 g/mol. The average Bonchev–Trinajstić information content (AvgIpc) is 2.72. The number of piperazine rings is 1. The molecule has 1 N–H and O–H groups in total. The van der Waals surface area contributed by atoms with Crippen LogP contribution in [0.15, 0.2) is 57.5 Å². The molecule has 0 aliphatic carbocycles. The molecule has 1 saturated heterocycles. The van der Waals surface area contributed by atoms with Crippen molar-refractivity contribution < 1.29 is 0 Å². The van der Waals surface area contributed by atoms with Crippen LogP contribution in [0.1, 0.15) is 12.5 Å². The molecule has 4 rings (SSSR count). The fourth-order valence-corrected chi connectivity index (χ4v) is 3.89. The molecule has 5 heteroatoms. The highest BCUT2D eigenvalue weighted by atomic mass is 32.2. The molecule has 2 aliphatic heterocycles. The van der Waals surface area contributed by atoms with Crippen molar-refractivity contribution in [2.45, 2.75) is 22.9 Å². The molecular weight excluding hydrogens is 292 g/mol. The second kappa shape index (κ2) is 5.74. The smallest absolute Gasteiger partial charge is 0.139 e. The third kappa shape index (κ3) is 2.40. The SMILES string of the molecule is CC1CNCCN1C1=Nc2ccccc2Sc2ncccc21. The number of pyridine rings is 1. The van der Waals surface area contributed by atoms with E-state index in [1.54, 1.807) is 11.8 Å². The first-order chi connectivity index (χ1) is 10.8. The van der Waals surface area contributed by atoms with E-state index < -0.39 is 0 Å². The second-order valence-electron chi connectivity index (χ2n) is 5.61. The maximum Gasteiger partial charge on any atom is 0.139 e. The van der Waals surface area contributed by atoms with Crippen LogP contribution in [0.5, 0.6) is 0 Å². The summed E-state index contributed by atoms with van der Waals surface area (Å²) in [5, 5.41) is 4.48. The van der Waals surface area contributed by atoms with E-state index >= 15 is 0 Å². The Morgan fingerprint density at radius 2 is 2.14 bits per heavy atom. The standard InChI is InChI=1S/C17H18N4S/c1-12-11-18-9-10-21(12)16-13-5-4-8-19-17(13)22-15-7-3-2-6-14(15)20-16/h2-8,12,18H,9-11H2,1H3. The lowest BCUT2D eigenvalue weighted by Crippen LogP contribution is -2.52. The molecule has 4 nitrogen and oxygen atoms in total. The van der Waals surface area contributed by atoms with Gasteiger partial charge in [0.2, 0.25) is 0 Å². The number of amidine groups is 1. The van der Waals surface area contributed by atoms with Gasteiger partial charge >= 0.3 is 0 Å². The summed E-state index contributed by atoms with van der Waals surface area (Å²) in [7, 11) is 0. The molecule has 0 radical (unpaired) electrons. The fourth-order valence-electron chi connectivity index (χ4n) is 2.93. The van der Waals surface area contributed by atoms with E-state index in [1.165, 1.54) is 4.90 Å². The number of nitrogens with zero attached hydrogens (tertiary/aromatic N) is 3. The molecule has 1 fully saturated rings. The highest BCUT2D eigenvalue weighted by Gasteiger charge is 2.27. The molecule has 112 valence electrons. The molecule has 0 amide bonds. The minimum absolute atomic E-state index is 0.427. The first-order valence-corrected chi connectivity index (χ1v) is 8.43. The summed E-state index contributed by atoms with van der Waals surface area (Å²) in [5.41, 5.74) is 2.17. The van der Waals surface area contributed by atoms with Crippen molar-refractivity contribution >= 4 is 23.3 Å². The summed E-state index contributed by atoms with van der Waals surface area (Å²) in [4.78, 5) is 13.2. The molecule has 22 heavy (non-hydrogen) atoms. The van der Waals surface area contributed by atoms with Crippen molar-refractivity contribution in [1.82, 2.24) is 15.2 Å². The van der Waals surface area contributed by atoms with Crippen LogP contribution in [0.4, 0.5) is 5.69 Å². The lowest BCUT2D eigenvalue weighted by Gasteiger charge is -2.36. The molecule has 1 unspecified atom stereocenters. The van der Waals surface area contributed by atoms with Gasteiger partial charge in [0.05, 0.1) is 5.69 Å². The summed E-state index contributed by atoms with van der Waals surface area (Å²) in [6.45, 7) is 5.20. The third-order valence-corrected chi connectivity index (χ3v) is 5.17. The molecule has 1 aromatic heterocycles. The van der Waals surface area contributed by atoms with Crippen LogP contribution in [0.3, 0.4) is 0 Å². The highest BCUT2D eigenvalue weighted by molar-refractivity contribution is 7.99. The molecule has 1 atom stereocenters. The maximum absolute atomic E-state index is 5.01. The van der Waals surface area contributed by atoms with Crippen LogP contribution in [-0.2, 0) is 0 Å². The monoisotopic (exact) mass is 310 g/mol. The lowest BCUT2D eigenvalue weighted by atomic mass is 10.1. The molecule has 0 spiro atoms. The van der Waals surface area contributed by atoms with Crippen LogP contribution >= 0.6 is 11.8 Å². The minimum Gasteiger partial charge on any atom is -0.351 e. The van der Waals surface area contributed by atoms with Crippen LogP contribution in [-0.4, -0.2) is 41.4 Å². The van der Waals surface area contributed by atoms with E-state index in [2.05, 4.69) is 46.4 Å². The maximum atomic E-state index is 5.01. The van der Waals surface area contributed by atoms with E-state index in [9.17, 15) is 0 Å². The molecular formula is C17H18N4S. The first-order valence-electron chi connectivity index (χ1n) is 7.61. The number of benzene rings is 1. The summed E-state index contributed by atoms with van der Waals surface area (Å²) in [5.74, 6) is 1.05. The Morgan fingerprint density at radius 3 is 3.05 bits per heavy atom. The van der Waals surface area contributed by atoms with Gasteiger partial charge in [-0.3, -0.25) is 0 Å². The minimum atomic E-state index is 0.427. The largest absolute Gasteiger partial charge is 0.351 e. The molecule has 1 aromatic carbocycles. The number of fused-ring (bicyclic) bond motifs is 2. The number of hydrogen-bond donors (Lipinski definition) is 1. The van der Waals surface area contributed by atoms with Crippen molar-refractivity contribution in [2.24, 2.45) is 4.99 Å². The van der Waals surface area contributed by atoms with Gasteiger partial charge in [-0.1, -0.05) is 23.9 Å². The molecule has 0 bridgehead atoms. The Balaban J connectivity index is 1.88. The van der Waals surface area contributed by atoms with Crippen LogP contribution in [0, 0.1) is 0 Å². The molecule has 2 aromatic rings. The van der Waals surface area contributed by atoms with E-state index in [0.717, 1.165) is 41.7 Å². The zero-order valence-electron chi connectivity index (χ0n) is 12.5. The Labute approximate surface area is 134 Å². The number of aromatic nitrogens is 1. The van der Waals surface area contributed by atoms with Gasteiger partial charge in [0.1, 0.15) is 10.9 Å². The Kier molecular flexibility index (Phi) is 3.60. The van der Waals surface area contributed by atoms with Crippen LogP contribution in [0.25, 0.3) is 0 Å². The van der Waals surface area contributed by atoms with Crippen molar-refractivity contribution in [1.29, 1.82) is 0 Å². The summed E-state index contributed by atoms with van der Waals surface area (Å²) in [6, 6.07) is 12.9. The molecule has 0 saturated carbocycles. The van der Waals surface area contributed by atoms with E-state index in [4.69, 9.17) is 4.99 Å². The van der Waals surface area contributed by atoms with Crippen molar-refractivity contribution in [2.75, 3.05) is 19.6 Å². The molecule has 2 aliphatic rings. The predicted octanol–water partition coefficient (Wildman–Crippen LogP) is 2.92. The van der Waals surface area contributed by atoms with E-state index in [1.807, 2.05) is 18.3 Å². The second-order valence-corrected chi connectivity index (χ2v) is 6.64. The van der Waals surface area contributed by atoms with Gasteiger partial charge in [-0.25, -0.2) is 9.98 Å². The van der Waals surface area contributed by atoms with E-state index in [0.29, 0.717) is 6.04 Å². The zero-order chi connectivity index (χ0) is 14.9. The fraction of sp³-hybridized carbons (Fsp3) is 0.294. The van der Waals surface area contributed by atoms with Crippen LogP contribution in [0.2, 0.25) is 0 Å². The van der Waals surface area contributed by atoms with Crippen molar-refractivity contribution in [3.8, 4) is 0 Å². The number of nitrogens with one attached hydrogen (secondary N) is 1. The lowest BCUT2D eigenvalue weighted by molar-refractivity contribution is 0.274. The normalized spacial score (nSPS) is 20.7. The summed E-state index contributed by atoms with van der Waals surface area (Å²) < 4.78 is 0. The Hall–Kier alpha value is -1.85. The van der Waals surface area contributed by atoms with Gasteiger partial charge in [-0.15, -0.1) is 0 Å². The van der Waals surface area contributed by atoms with Gasteiger partial charge in [-0.05, 0) is 31.2 Å². The molecule has 3 heterocycles. The van der Waals surface area contributed by atoms with Gasteiger partial charge in [-0.2, -0.15) is 0 Å². The zero-order valence-corrected chi connectivity index (χ0v) is 13.3. The van der Waals surface area contributed by atoms with Gasteiger partial charge in [0, 0.05) is 42.3 Å².